The molecule has 1 aliphatic heterocycles. The number of nitrogens with zero attached hydrogens (tertiary/aromatic N) is 1. The van der Waals surface area contributed by atoms with Gasteiger partial charge < -0.3 is 15.5 Å². The Bertz CT molecular complexity index is 784. The summed E-state index contributed by atoms with van der Waals surface area (Å²) < 4.78 is 0. The normalized spacial score (nSPS) is 14.3. The maximum atomic E-state index is 12.7. The third kappa shape index (κ3) is 5.73. The lowest BCUT2D eigenvalue weighted by Crippen LogP contribution is -2.31. The van der Waals surface area contributed by atoms with Crippen LogP contribution < -0.4 is 10.6 Å². The van der Waals surface area contributed by atoms with Crippen LogP contribution >= 0.6 is 11.6 Å². The number of likely N-dealkylation sites (tertiary alicyclic amines) is 1. The van der Waals surface area contributed by atoms with Gasteiger partial charge in [-0.25, -0.2) is 0 Å². The highest BCUT2D eigenvalue weighted by Crippen LogP contribution is 2.17. The SMILES string of the molecule is O=C(CNc1ccc(Cl)cc1)Nc1cccc(C(=O)N2CCCCCC2)c1. The number of benzene rings is 2. The van der Waals surface area contributed by atoms with Gasteiger partial charge in [-0.2, -0.15) is 0 Å². The first-order valence-electron chi connectivity index (χ1n) is 9.30. The maximum Gasteiger partial charge on any atom is 0.253 e. The van der Waals surface area contributed by atoms with Gasteiger partial charge in [-0.15, -0.1) is 0 Å². The molecule has 0 bridgehead atoms. The standard InChI is InChI=1S/C21H24ClN3O2/c22-17-8-10-18(11-9-17)23-15-20(26)24-19-7-5-6-16(14-19)21(27)25-12-3-1-2-4-13-25/h5-11,14,23H,1-4,12-13,15H2,(H,24,26). The van der Waals surface area contributed by atoms with E-state index in [-0.39, 0.29) is 18.4 Å². The first-order valence-corrected chi connectivity index (χ1v) is 9.68. The van der Waals surface area contributed by atoms with Crippen LogP contribution in [0.5, 0.6) is 0 Å². The molecule has 0 aromatic heterocycles. The van der Waals surface area contributed by atoms with Gasteiger partial charge in [0.05, 0.1) is 6.54 Å². The molecule has 2 aromatic carbocycles. The number of nitrogens with one attached hydrogen (secondary N) is 2. The summed E-state index contributed by atoms with van der Waals surface area (Å²) in [4.78, 5) is 26.8. The van der Waals surface area contributed by atoms with Gasteiger partial charge in [-0.3, -0.25) is 9.59 Å². The van der Waals surface area contributed by atoms with Crippen molar-refractivity contribution in [2.45, 2.75) is 25.7 Å². The predicted octanol–water partition coefficient (Wildman–Crippen LogP) is 4.41. The number of carbonyl (C=O) groups is 2. The van der Waals surface area contributed by atoms with E-state index in [4.69, 9.17) is 11.6 Å². The molecular weight excluding hydrogens is 362 g/mol. The summed E-state index contributed by atoms with van der Waals surface area (Å²) in [6.07, 6.45) is 4.47. The molecule has 0 atom stereocenters. The Morgan fingerprint density at radius 2 is 1.63 bits per heavy atom. The van der Waals surface area contributed by atoms with Gasteiger partial charge in [0.1, 0.15) is 0 Å². The van der Waals surface area contributed by atoms with Gasteiger partial charge in [-0.1, -0.05) is 30.5 Å². The smallest absolute Gasteiger partial charge is 0.253 e. The summed E-state index contributed by atoms with van der Waals surface area (Å²) in [5.41, 5.74) is 2.05. The van der Waals surface area contributed by atoms with Crippen molar-refractivity contribution in [1.29, 1.82) is 0 Å². The van der Waals surface area contributed by atoms with E-state index in [0.29, 0.717) is 16.3 Å². The number of hydrogen-bond donors (Lipinski definition) is 2. The summed E-state index contributed by atoms with van der Waals surface area (Å²) >= 11 is 5.85. The molecule has 0 spiro atoms. The largest absolute Gasteiger partial charge is 0.376 e. The fourth-order valence-corrected chi connectivity index (χ4v) is 3.27. The Labute approximate surface area is 164 Å². The van der Waals surface area contributed by atoms with Crippen molar-refractivity contribution in [2.75, 3.05) is 30.3 Å². The second kappa shape index (κ2) is 9.42. The summed E-state index contributed by atoms with van der Waals surface area (Å²) in [5.74, 6) is -0.142. The molecule has 3 rings (SSSR count). The molecule has 142 valence electrons. The molecule has 0 saturated carbocycles. The second-order valence-corrected chi connectivity index (χ2v) is 7.13. The monoisotopic (exact) mass is 385 g/mol. The Balaban J connectivity index is 1.57. The molecule has 2 aromatic rings. The van der Waals surface area contributed by atoms with E-state index in [9.17, 15) is 9.59 Å². The van der Waals surface area contributed by atoms with E-state index in [2.05, 4.69) is 10.6 Å². The number of amides is 2. The fourth-order valence-electron chi connectivity index (χ4n) is 3.14. The number of rotatable bonds is 5. The van der Waals surface area contributed by atoms with Gasteiger partial charge in [0.15, 0.2) is 0 Å². The molecule has 0 radical (unpaired) electrons. The van der Waals surface area contributed by atoms with Crippen molar-refractivity contribution in [3.63, 3.8) is 0 Å². The van der Waals surface area contributed by atoms with Crippen LogP contribution in [0, 0.1) is 0 Å². The van der Waals surface area contributed by atoms with Crippen molar-refractivity contribution in [1.82, 2.24) is 4.90 Å². The molecule has 0 unspecified atom stereocenters. The lowest BCUT2D eigenvalue weighted by Gasteiger charge is -2.20. The van der Waals surface area contributed by atoms with Crippen molar-refractivity contribution < 1.29 is 9.59 Å². The van der Waals surface area contributed by atoms with Crippen LogP contribution in [0.2, 0.25) is 5.02 Å². The molecule has 27 heavy (non-hydrogen) atoms. The predicted molar refractivity (Wildman–Crippen MR) is 109 cm³/mol. The van der Waals surface area contributed by atoms with Crippen LogP contribution in [0.25, 0.3) is 0 Å². The van der Waals surface area contributed by atoms with Crippen molar-refractivity contribution in [3.05, 3.63) is 59.1 Å². The van der Waals surface area contributed by atoms with Crippen LogP contribution in [0.3, 0.4) is 0 Å². The first kappa shape index (κ1) is 19.2. The van der Waals surface area contributed by atoms with Gasteiger partial charge in [0, 0.05) is 35.1 Å². The first-order chi connectivity index (χ1) is 13.1. The van der Waals surface area contributed by atoms with Crippen LogP contribution in [-0.2, 0) is 4.79 Å². The molecule has 1 heterocycles. The molecule has 6 heteroatoms. The minimum absolute atomic E-state index is 0.0345. The molecule has 1 saturated heterocycles. The zero-order valence-electron chi connectivity index (χ0n) is 15.2. The number of halogens is 1. The zero-order chi connectivity index (χ0) is 19.1. The highest BCUT2D eigenvalue weighted by molar-refractivity contribution is 6.30. The van der Waals surface area contributed by atoms with Crippen molar-refractivity contribution in [2.24, 2.45) is 0 Å². The Kier molecular flexibility index (Phi) is 6.71. The van der Waals surface area contributed by atoms with Crippen LogP contribution in [0.1, 0.15) is 36.0 Å². The molecule has 1 fully saturated rings. The van der Waals surface area contributed by atoms with Gasteiger partial charge in [0.25, 0.3) is 5.91 Å². The number of anilines is 2. The quantitative estimate of drug-likeness (QED) is 0.801. The van der Waals surface area contributed by atoms with E-state index in [1.54, 1.807) is 36.4 Å². The summed E-state index contributed by atoms with van der Waals surface area (Å²) in [6.45, 7) is 1.74. The van der Waals surface area contributed by atoms with Gasteiger partial charge in [0.2, 0.25) is 5.91 Å². The van der Waals surface area contributed by atoms with E-state index in [0.717, 1.165) is 31.6 Å². The van der Waals surface area contributed by atoms with Crippen LogP contribution in [0.4, 0.5) is 11.4 Å². The average Bonchev–Trinajstić information content (AvgIpc) is 2.97. The maximum absolute atomic E-state index is 12.7. The Hall–Kier alpha value is -2.53. The lowest BCUT2D eigenvalue weighted by atomic mass is 10.1. The zero-order valence-corrected chi connectivity index (χ0v) is 16.0. The van der Waals surface area contributed by atoms with Gasteiger partial charge >= 0.3 is 0 Å². The van der Waals surface area contributed by atoms with E-state index < -0.39 is 0 Å². The molecule has 5 nitrogen and oxygen atoms in total. The van der Waals surface area contributed by atoms with Crippen molar-refractivity contribution >= 4 is 34.8 Å². The third-order valence-corrected chi connectivity index (χ3v) is 4.84. The van der Waals surface area contributed by atoms with Gasteiger partial charge in [-0.05, 0) is 55.3 Å². The highest BCUT2D eigenvalue weighted by Gasteiger charge is 2.17. The summed E-state index contributed by atoms with van der Waals surface area (Å²) in [6, 6.07) is 14.3. The molecular formula is C21H24ClN3O2. The second-order valence-electron chi connectivity index (χ2n) is 6.70. The minimum atomic E-state index is -0.177. The van der Waals surface area contributed by atoms with Crippen molar-refractivity contribution in [3.8, 4) is 0 Å². The summed E-state index contributed by atoms with van der Waals surface area (Å²) in [5, 5.41) is 6.53. The van der Waals surface area contributed by atoms with E-state index in [1.165, 1.54) is 12.8 Å². The number of hydrogen-bond acceptors (Lipinski definition) is 3. The van der Waals surface area contributed by atoms with Crippen LogP contribution in [0.15, 0.2) is 48.5 Å². The molecule has 2 N–H and O–H groups in total. The Morgan fingerprint density at radius 1 is 0.926 bits per heavy atom. The average molecular weight is 386 g/mol. The third-order valence-electron chi connectivity index (χ3n) is 4.58. The number of carbonyl (C=O) groups excluding carboxylic acids is 2. The topological polar surface area (TPSA) is 61.4 Å². The van der Waals surface area contributed by atoms with Crippen LogP contribution in [-0.4, -0.2) is 36.3 Å². The summed E-state index contributed by atoms with van der Waals surface area (Å²) in [7, 11) is 0. The fraction of sp³-hybridized carbons (Fsp3) is 0.333. The lowest BCUT2D eigenvalue weighted by molar-refractivity contribution is -0.114. The van der Waals surface area contributed by atoms with E-state index >= 15 is 0 Å². The highest BCUT2D eigenvalue weighted by atomic mass is 35.5. The molecule has 0 aliphatic carbocycles. The Morgan fingerprint density at radius 3 is 2.33 bits per heavy atom. The molecule has 1 aliphatic rings. The van der Waals surface area contributed by atoms with E-state index in [1.807, 2.05) is 17.0 Å². The molecule has 2 amide bonds. The minimum Gasteiger partial charge on any atom is -0.376 e.